The van der Waals surface area contributed by atoms with Gasteiger partial charge in [-0.25, -0.2) is 4.39 Å². The van der Waals surface area contributed by atoms with Gasteiger partial charge in [0.1, 0.15) is 17.7 Å². The Morgan fingerprint density at radius 2 is 1.29 bits per heavy atom. The minimum Gasteiger partial charge on any atom is -0.486 e. The van der Waals surface area contributed by atoms with Crippen molar-refractivity contribution in [2.45, 2.75) is 116 Å². The molecule has 316 valence electrons. The molecule has 7 aromatic rings. The van der Waals surface area contributed by atoms with Crippen molar-refractivity contribution >= 4 is 17.6 Å². The van der Waals surface area contributed by atoms with E-state index in [2.05, 4.69) is 172 Å². The number of hydrogen-bond donors (Lipinski definition) is 0. The highest BCUT2D eigenvalue weighted by Crippen LogP contribution is 2.49. The molecule has 0 spiro atoms. The summed E-state index contributed by atoms with van der Waals surface area (Å²) in [5, 5.41) is 0. The Balaban J connectivity index is 1.26. The van der Waals surface area contributed by atoms with E-state index in [0.29, 0.717) is 11.9 Å². The molecule has 2 bridgehead atoms. The van der Waals surface area contributed by atoms with Crippen LogP contribution in [0.1, 0.15) is 123 Å². The van der Waals surface area contributed by atoms with Gasteiger partial charge in [0.2, 0.25) is 6.71 Å². The van der Waals surface area contributed by atoms with Gasteiger partial charge in [-0.1, -0.05) is 192 Å². The zero-order valence-electron chi connectivity index (χ0n) is 38.6. The fourth-order valence-corrected chi connectivity index (χ4v) is 11.4. The number of hydrogen-bond acceptors (Lipinski definition) is 1. The number of fused-ring (bicyclic) bond motifs is 6. The van der Waals surface area contributed by atoms with Crippen LogP contribution < -0.4 is 15.7 Å². The number of aryl methyl sites for hydroxylation is 1. The van der Waals surface area contributed by atoms with Crippen LogP contribution in [0.3, 0.4) is 0 Å². The first-order valence-corrected chi connectivity index (χ1v) is 23.2. The Hall–Kier alpha value is -5.67. The standard InChI is InChI=1S/C60H60BFO/c1-37-30-49-42-23-17-25-55(38(42)2)63-56(45-22-14-13-20-43(45)44-21-15-16-24-54(44)62)36-61-53-35-52-51(59(6,7)28-29-60(52,8)9)34-48(53)47(50(31-37)57(49)61)32-40-26-27-41(58(3,4)5)33-46(40)39-18-11-10-12-19-39/h10-27,30-31,33-35,47,56H,28-29,32,36H2,1-9H3. The van der Waals surface area contributed by atoms with E-state index >= 15 is 4.39 Å². The molecule has 63 heavy (non-hydrogen) atoms. The van der Waals surface area contributed by atoms with Crippen molar-refractivity contribution in [3.63, 3.8) is 0 Å². The van der Waals surface area contributed by atoms with E-state index in [-0.39, 0.29) is 40.8 Å². The monoisotopic (exact) mass is 826 g/mol. The maximum absolute atomic E-state index is 15.8. The van der Waals surface area contributed by atoms with Crippen LogP contribution in [-0.4, -0.2) is 6.71 Å². The minimum absolute atomic E-state index is 0.0188. The van der Waals surface area contributed by atoms with Crippen LogP contribution in [0, 0.1) is 19.7 Å². The summed E-state index contributed by atoms with van der Waals surface area (Å²) in [6.45, 7) is 21.3. The van der Waals surface area contributed by atoms with Crippen LogP contribution in [-0.2, 0) is 22.7 Å². The number of rotatable bonds is 5. The normalized spacial score (nSPS) is 18.2. The SMILES string of the molecule is Cc1cc2c3c(c1)C(Cc1ccc(C(C)(C)C)cc1-c1ccccc1)c1cc4c(cc1B3CC(c1ccccc1-c1ccccc1F)Oc1cccc-2c1C)C(C)(C)CCC4(C)C. The molecule has 0 saturated heterocycles. The molecule has 2 unspecified atom stereocenters. The topological polar surface area (TPSA) is 9.23 Å². The predicted molar refractivity (Wildman–Crippen MR) is 264 cm³/mol. The molecule has 1 aliphatic carbocycles. The second kappa shape index (κ2) is 15.3. The smallest absolute Gasteiger partial charge is 0.214 e. The Morgan fingerprint density at radius 3 is 2.02 bits per heavy atom. The minimum atomic E-state index is -0.348. The summed E-state index contributed by atoms with van der Waals surface area (Å²) in [4.78, 5) is 0. The summed E-state index contributed by atoms with van der Waals surface area (Å²) >= 11 is 0. The molecule has 0 saturated carbocycles. The molecular weight excluding hydrogens is 766 g/mol. The fraction of sp³-hybridized carbons (Fsp3) is 0.300. The van der Waals surface area contributed by atoms with Gasteiger partial charge in [0.25, 0.3) is 0 Å². The Labute approximate surface area is 375 Å². The molecule has 0 fully saturated rings. The first-order valence-electron chi connectivity index (χ1n) is 23.2. The van der Waals surface area contributed by atoms with Crippen LogP contribution in [0.4, 0.5) is 4.39 Å². The lowest BCUT2D eigenvalue weighted by molar-refractivity contribution is 0.225. The summed E-state index contributed by atoms with van der Waals surface area (Å²) in [5.74, 6) is 0.779. The van der Waals surface area contributed by atoms with Gasteiger partial charge in [-0.2, -0.15) is 0 Å². The van der Waals surface area contributed by atoms with E-state index in [4.69, 9.17) is 4.74 Å². The number of ether oxygens (including phenoxy) is 1. The molecule has 10 rings (SSSR count). The lowest BCUT2D eigenvalue weighted by atomic mass is 9.32. The Kier molecular flexibility index (Phi) is 10.0. The maximum atomic E-state index is 15.8. The van der Waals surface area contributed by atoms with Gasteiger partial charge in [-0.3, -0.25) is 0 Å². The third-order valence-electron chi connectivity index (χ3n) is 15.1. The highest BCUT2D eigenvalue weighted by atomic mass is 19.1. The van der Waals surface area contributed by atoms with Crippen molar-refractivity contribution in [1.82, 2.24) is 0 Å². The van der Waals surface area contributed by atoms with Crippen LogP contribution in [0.5, 0.6) is 5.75 Å². The van der Waals surface area contributed by atoms with Crippen molar-refractivity contribution in [2.24, 2.45) is 0 Å². The largest absolute Gasteiger partial charge is 0.486 e. The van der Waals surface area contributed by atoms with Gasteiger partial charge >= 0.3 is 0 Å². The van der Waals surface area contributed by atoms with Crippen LogP contribution in [0.25, 0.3) is 33.4 Å². The third-order valence-corrected chi connectivity index (χ3v) is 15.1. The quantitative estimate of drug-likeness (QED) is 0.157. The van der Waals surface area contributed by atoms with Gasteiger partial charge in [-0.05, 0) is 140 Å². The van der Waals surface area contributed by atoms with Crippen molar-refractivity contribution in [3.8, 4) is 39.1 Å². The molecule has 0 amide bonds. The first-order chi connectivity index (χ1) is 30.1. The van der Waals surface area contributed by atoms with E-state index < -0.39 is 0 Å². The summed E-state index contributed by atoms with van der Waals surface area (Å²) in [7, 11) is 0. The molecule has 7 aromatic carbocycles. The maximum Gasteiger partial charge on any atom is 0.214 e. The lowest BCUT2D eigenvalue weighted by Crippen LogP contribution is -2.53. The average molecular weight is 827 g/mol. The molecule has 1 nitrogen and oxygen atoms in total. The van der Waals surface area contributed by atoms with Gasteiger partial charge in [0.15, 0.2) is 0 Å². The zero-order valence-corrected chi connectivity index (χ0v) is 38.6. The van der Waals surface area contributed by atoms with Crippen LogP contribution in [0.15, 0.2) is 140 Å². The molecule has 0 radical (unpaired) electrons. The average Bonchev–Trinajstić information content (AvgIpc) is 3.28. The van der Waals surface area contributed by atoms with Crippen LogP contribution >= 0.6 is 0 Å². The van der Waals surface area contributed by atoms with E-state index in [1.54, 1.807) is 12.1 Å². The summed E-state index contributed by atoms with van der Waals surface area (Å²) in [6, 6.07) is 50.6. The van der Waals surface area contributed by atoms with Crippen LogP contribution in [0.2, 0.25) is 6.32 Å². The van der Waals surface area contributed by atoms with Gasteiger partial charge in [-0.15, -0.1) is 0 Å². The zero-order chi connectivity index (χ0) is 44.0. The fourth-order valence-electron chi connectivity index (χ4n) is 11.4. The lowest BCUT2D eigenvalue weighted by Gasteiger charge is -2.45. The molecule has 3 heteroatoms. The van der Waals surface area contributed by atoms with E-state index in [0.717, 1.165) is 41.7 Å². The van der Waals surface area contributed by atoms with Gasteiger partial charge in [0, 0.05) is 11.5 Å². The van der Waals surface area contributed by atoms with Crippen molar-refractivity contribution in [2.75, 3.05) is 0 Å². The van der Waals surface area contributed by atoms with E-state index in [1.807, 2.05) is 18.2 Å². The molecular formula is C60H60BFO. The summed E-state index contributed by atoms with van der Waals surface area (Å²) < 4.78 is 23.2. The van der Waals surface area contributed by atoms with Gasteiger partial charge in [0.05, 0.1) is 0 Å². The highest BCUT2D eigenvalue weighted by molar-refractivity contribution is 6.87. The summed E-state index contributed by atoms with van der Waals surface area (Å²) in [5.41, 5.74) is 21.5. The van der Waals surface area contributed by atoms with Crippen molar-refractivity contribution in [1.29, 1.82) is 0 Å². The Bertz CT molecular complexity index is 2910. The molecule has 3 aliphatic rings. The van der Waals surface area contributed by atoms with Gasteiger partial charge < -0.3 is 4.74 Å². The highest BCUT2D eigenvalue weighted by Gasteiger charge is 2.44. The van der Waals surface area contributed by atoms with E-state index in [9.17, 15) is 0 Å². The number of benzene rings is 7. The molecule has 2 heterocycles. The van der Waals surface area contributed by atoms with Crippen molar-refractivity contribution in [3.05, 3.63) is 195 Å². The number of halogens is 1. The van der Waals surface area contributed by atoms with Crippen molar-refractivity contribution < 1.29 is 9.13 Å². The summed E-state index contributed by atoms with van der Waals surface area (Å²) in [6.07, 6.45) is 3.55. The molecule has 2 aliphatic heterocycles. The molecule has 0 aromatic heterocycles. The van der Waals surface area contributed by atoms with E-state index in [1.165, 1.54) is 72.1 Å². The third kappa shape index (κ3) is 7.17. The molecule has 2 atom stereocenters. The second-order valence-electron chi connectivity index (χ2n) is 21.2. The second-order valence-corrected chi connectivity index (χ2v) is 21.2. The first kappa shape index (κ1) is 41.4. The predicted octanol–water partition coefficient (Wildman–Crippen LogP) is 14.5. The Morgan fingerprint density at radius 1 is 0.619 bits per heavy atom. The molecule has 0 N–H and O–H groups in total.